The van der Waals surface area contributed by atoms with Crippen molar-refractivity contribution >= 4 is 5.69 Å². The average molecular weight is 253 g/mol. The topological polar surface area (TPSA) is 91.3 Å². The van der Waals surface area contributed by atoms with Gasteiger partial charge in [0, 0.05) is 12.1 Å². The van der Waals surface area contributed by atoms with E-state index in [1.807, 2.05) is 0 Å². The van der Waals surface area contributed by atoms with Crippen LogP contribution in [-0.2, 0) is 6.61 Å². The molecule has 1 heterocycles. The minimum atomic E-state index is -0.959. The summed E-state index contributed by atoms with van der Waals surface area (Å²) in [6.07, 6.45) is 0. The Hall–Kier alpha value is -2.51. The standard InChI is InChI=1S/C10H8FN3O4/c1-6-12-10(18-13-6)5-17-7-2-3-9(14(15)16)8(11)4-7/h2-4H,5H2,1H3. The number of benzene rings is 1. The number of aromatic nitrogens is 2. The summed E-state index contributed by atoms with van der Waals surface area (Å²) in [4.78, 5) is 13.5. The Morgan fingerprint density at radius 1 is 1.56 bits per heavy atom. The molecule has 0 saturated carbocycles. The lowest BCUT2D eigenvalue weighted by atomic mass is 10.3. The summed E-state index contributed by atoms with van der Waals surface area (Å²) in [7, 11) is 0. The number of rotatable bonds is 4. The zero-order valence-electron chi connectivity index (χ0n) is 9.29. The molecule has 2 aromatic rings. The number of nitro groups is 1. The first-order chi connectivity index (χ1) is 8.56. The van der Waals surface area contributed by atoms with Gasteiger partial charge >= 0.3 is 5.69 Å². The van der Waals surface area contributed by atoms with Gasteiger partial charge in [0.25, 0.3) is 5.89 Å². The van der Waals surface area contributed by atoms with E-state index in [-0.39, 0.29) is 18.2 Å². The molecule has 7 nitrogen and oxygen atoms in total. The Kier molecular flexibility index (Phi) is 3.18. The van der Waals surface area contributed by atoms with Crippen molar-refractivity contribution in [3.63, 3.8) is 0 Å². The van der Waals surface area contributed by atoms with E-state index in [0.717, 1.165) is 12.1 Å². The predicted octanol–water partition coefficient (Wildman–Crippen LogP) is 2.00. The molecule has 0 aliphatic rings. The summed E-state index contributed by atoms with van der Waals surface area (Å²) in [5.41, 5.74) is -0.601. The summed E-state index contributed by atoms with van der Waals surface area (Å²) in [6.45, 7) is 1.62. The fourth-order valence-corrected chi connectivity index (χ4v) is 1.27. The molecule has 0 N–H and O–H groups in total. The normalized spacial score (nSPS) is 10.3. The van der Waals surface area contributed by atoms with Crippen LogP contribution < -0.4 is 4.74 Å². The lowest BCUT2D eigenvalue weighted by molar-refractivity contribution is -0.387. The van der Waals surface area contributed by atoms with Crippen molar-refractivity contribution in [3.05, 3.63) is 45.8 Å². The van der Waals surface area contributed by atoms with Gasteiger partial charge in [-0.25, -0.2) is 0 Å². The van der Waals surface area contributed by atoms with Crippen molar-refractivity contribution in [2.75, 3.05) is 0 Å². The molecule has 8 heteroatoms. The molecule has 1 aromatic carbocycles. The Morgan fingerprint density at radius 3 is 2.89 bits per heavy atom. The van der Waals surface area contributed by atoms with E-state index in [4.69, 9.17) is 9.26 Å². The number of nitrogens with zero attached hydrogens (tertiary/aromatic N) is 3. The second-order valence-corrected chi connectivity index (χ2v) is 3.39. The molecule has 0 saturated heterocycles. The third-order valence-electron chi connectivity index (χ3n) is 2.05. The second kappa shape index (κ2) is 4.78. The number of nitro benzene ring substituents is 1. The molecule has 0 aliphatic heterocycles. The number of halogens is 1. The average Bonchev–Trinajstić information content (AvgIpc) is 2.72. The third kappa shape index (κ3) is 2.59. The molecule has 0 radical (unpaired) electrons. The van der Waals surface area contributed by atoms with Crippen molar-refractivity contribution in [1.29, 1.82) is 0 Å². The highest BCUT2D eigenvalue weighted by Crippen LogP contribution is 2.22. The summed E-state index contributed by atoms with van der Waals surface area (Å²) < 4.78 is 23.2. The molecule has 2 rings (SSSR count). The van der Waals surface area contributed by atoms with Crippen LogP contribution in [0.1, 0.15) is 11.7 Å². The molecule has 0 atom stereocenters. The lowest BCUT2D eigenvalue weighted by Gasteiger charge is -2.02. The molecule has 0 bridgehead atoms. The molecule has 0 spiro atoms. The van der Waals surface area contributed by atoms with Gasteiger partial charge in [-0.15, -0.1) is 0 Å². The van der Waals surface area contributed by atoms with Crippen LogP contribution in [0.4, 0.5) is 10.1 Å². The fraction of sp³-hybridized carbons (Fsp3) is 0.200. The summed E-state index contributed by atoms with van der Waals surface area (Å²) >= 11 is 0. The number of aryl methyl sites for hydroxylation is 1. The van der Waals surface area contributed by atoms with Crippen LogP contribution in [0.2, 0.25) is 0 Å². The maximum absolute atomic E-state index is 13.3. The number of hydrogen-bond acceptors (Lipinski definition) is 6. The van der Waals surface area contributed by atoms with Crippen LogP contribution in [0.15, 0.2) is 22.7 Å². The van der Waals surface area contributed by atoms with E-state index >= 15 is 0 Å². The van der Waals surface area contributed by atoms with Gasteiger partial charge in [0.2, 0.25) is 5.82 Å². The Labute approximate surface area is 100 Å². The van der Waals surface area contributed by atoms with Crippen molar-refractivity contribution in [1.82, 2.24) is 10.1 Å². The van der Waals surface area contributed by atoms with Crippen LogP contribution in [-0.4, -0.2) is 15.1 Å². The van der Waals surface area contributed by atoms with Gasteiger partial charge in [-0.3, -0.25) is 10.1 Å². The molecule has 0 aliphatic carbocycles. The molecule has 0 amide bonds. The lowest BCUT2D eigenvalue weighted by Crippen LogP contribution is -1.98. The van der Waals surface area contributed by atoms with Gasteiger partial charge in [-0.2, -0.15) is 9.37 Å². The first kappa shape index (κ1) is 12.0. The van der Waals surface area contributed by atoms with Gasteiger partial charge < -0.3 is 9.26 Å². The number of ether oxygens (including phenoxy) is 1. The minimum absolute atomic E-state index is 0.0297. The number of hydrogen-bond donors (Lipinski definition) is 0. The molecule has 1 aromatic heterocycles. The van der Waals surface area contributed by atoms with E-state index in [0.29, 0.717) is 5.82 Å². The predicted molar refractivity (Wildman–Crippen MR) is 56.4 cm³/mol. The smallest absolute Gasteiger partial charge is 0.305 e. The van der Waals surface area contributed by atoms with E-state index in [1.165, 1.54) is 6.07 Å². The van der Waals surface area contributed by atoms with Gasteiger partial charge in [-0.05, 0) is 13.0 Å². The molecule has 94 valence electrons. The van der Waals surface area contributed by atoms with Crippen LogP contribution in [0.25, 0.3) is 0 Å². The van der Waals surface area contributed by atoms with Crippen LogP contribution in [0.5, 0.6) is 5.75 Å². The Balaban J connectivity index is 2.06. The van der Waals surface area contributed by atoms with Crippen LogP contribution in [0, 0.1) is 22.9 Å². The second-order valence-electron chi connectivity index (χ2n) is 3.39. The maximum atomic E-state index is 13.3. The molecule has 0 unspecified atom stereocenters. The van der Waals surface area contributed by atoms with Crippen molar-refractivity contribution in [2.45, 2.75) is 13.5 Å². The van der Waals surface area contributed by atoms with Gasteiger partial charge in [-0.1, -0.05) is 5.16 Å². The van der Waals surface area contributed by atoms with E-state index < -0.39 is 16.4 Å². The zero-order valence-corrected chi connectivity index (χ0v) is 9.29. The first-order valence-corrected chi connectivity index (χ1v) is 4.92. The van der Waals surface area contributed by atoms with Crippen molar-refractivity contribution < 1.29 is 18.6 Å². The SMILES string of the molecule is Cc1noc(COc2ccc([N+](=O)[O-])c(F)c2)n1. The van der Waals surface area contributed by atoms with Gasteiger partial charge in [0.15, 0.2) is 12.4 Å². The molecular formula is C10H8FN3O4. The zero-order chi connectivity index (χ0) is 13.1. The Bertz CT molecular complexity index is 584. The minimum Gasteiger partial charge on any atom is -0.484 e. The monoisotopic (exact) mass is 253 g/mol. The van der Waals surface area contributed by atoms with E-state index in [1.54, 1.807) is 6.92 Å². The summed E-state index contributed by atoms with van der Waals surface area (Å²) in [6, 6.07) is 3.26. The van der Waals surface area contributed by atoms with Crippen LogP contribution >= 0.6 is 0 Å². The first-order valence-electron chi connectivity index (χ1n) is 4.92. The fourth-order valence-electron chi connectivity index (χ4n) is 1.27. The maximum Gasteiger partial charge on any atom is 0.305 e. The summed E-state index contributed by atoms with van der Waals surface area (Å²) in [5, 5.41) is 14.0. The highest BCUT2D eigenvalue weighted by atomic mass is 19.1. The quantitative estimate of drug-likeness (QED) is 0.611. The van der Waals surface area contributed by atoms with Gasteiger partial charge in [0.1, 0.15) is 5.75 Å². The largest absolute Gasteiger partial charge is 0.484 e. The highest BCUT2D eigenvalue weighted by molar-refractivity contribution is 5.37. The van der Waals surface area contributed by atoms with E-state index in [9.17, 15) is 14.5 Å². The highest BCUT2D eigenvalue weighted by Gasteiger charge is 2.14. The van der Waals surface area contributed by atoms with E-state index in [2.05, 4.69) is 10.1 Å². The van der Waals surface area contributed by atoms with Crippen molar-refractivity contribution in [2.24, 2.45) is 0 Å². The third-order valence-corrected chi connectivity index (χ3v) is 2.05. The molecule has 18 heavy (non-hydrogen) atoms. The molecule has 0 fully saturated rings. The van der Waals surface area contributed by atoms with Crippen molar-refractivity contribution in [3.8, 4) is 5.75 Å². The summed E-state index contributed by atoms with van der Waals surface area (Å²) in [5.74, 6) is -0.108. The molecular weight excluding hydrogens is 245 g/mol. The van der Waals surface area contributed by atoms with Crippen LogP contribution in [0.3, 0.4) is 0 Å². The Morgan fingerprint density at radius 2 is 2.33 bits per heavy atom. The van der Waals surface area contributed by atoms with Gasteiger partial charge in [0.05, 0.1) is 4.92 Å².